The second-order valence-corrected chi connectivity index (χ2v) is 7.15. The van der Waals surface area contributed by atoms with Crippen LogP contribution in [-0.4, -0.2) is 31.1 Å². The first-order valence-electron chi connectivity index (χ1n) is 6.05. The molecule has 15 heavy (non-hydrogen) atoms. The molecule has 0 aromatic heterocycles. The van der Waals surface area contributed by atoms with Crippen LogP contribution in [0, 0.1) is 11.8 Å². The van der Waals surface area contributed by atoms with Crippen molar-refractivity contribution in [1.82, 2.24) is 4.31 Å². The third-order valence-electron chi connectivity index (χ3n) is 4.16. The van der Waals surface area contributed by atoms with Crippen molar-refractivity contribution in [2.75, 3.05) is 12.3 Å². The fourth-order valence-corrected chi connectivity index (χ4v) is 4.63. The quantitative estimate of drug-likeness (QED) is 0.727. The van der Waals surface area contributed by atoms with Gasteiger partial charge >= 0.3 is 0 Å². The van der Waals surface area contributed by atoms with Gasteiger partial charge in [-0.15, -0.1) is 0 Å². The number of hydrogen-bond acceptors (Lipinski definition) is 2. The van der Waals surface area contributed by atoms with Crippen LogP contribution in [0.5, 0.6) is 0 Å². The van der Waals surface area contributed by atoms with Gasteiger partial charge in [-0.25, -0.2) is 8.42 Å². The van der Waals surface area contributed by atoms with Gasteiger partial charge in [0.05, 0.1) is 5.75 Å². The van der Waals surface area contributed by atoms with Gasteiger partial charge in [0.2, 0.25) is 10.0 Å². The molecule has 0 N–H and O–H groups in total. The van der Waals surface area contributed by atoms with Crippen molar-refractivity contribution in [3.05, 3.63) is 0 Å². The Hall–Kier alpha value is -0.0900. The van der Waals surface area contributed by atoms with Gasteiger partial charge in [0, 0.05) is 12.6 Å². The number of nitrogens with zero attached hydrogens (tertiary/aromatic N) is 1. The average Bonchev–Trinajstić information content (AvgIpc) is 2.63. The fourth-order valence-electron chi connectivity index (χ4n) is 3.24. The maximum atomic E-state index is 11.9. The maximum Gasteiger partial charge on any atom is 0.214 e. The van der Waals surface area contributed by atoms with E-state index in [1.807, 2.05) is 0 Å². The number of rotatable bonds is 2. The molecule has 1 aliphatic heterocycles. The Morgan fingerprint density at radius 3 is 2.67 bits per heavy atom. The van der Waals surface area contributed by atoms with Crippen LogP contribution in [0.2, 0.25) is 0 Å². The average molecular weight is 231 g/mol. The molecule has 4 heteroatoms. The summed E-state index contributed by atoms with van der Waals surface area (Å²) in [6.45, 7) is 4.78. The molecule has 3 atom stereocenters. The molecule has 0 amide bonds. The summed E-state index contributed by atoms with van der Waals surface area (Å²) in [5.74, 6) is 1.59. The first-order chi connectivity index (χ1) is 7.06. The molecule has 1 heterocycles. The van der Waals surface area contributed by atoms with E-state index in [4.69, 9.17) is 0 Å². The van der Waals surface area contributed by atoms with Gasteiger partial charge in [-0.05, 0) is 31.6 Å². The molecule has 1 saturated carbocycles. The smallest absolute Gasteiger partial charge is 0.212 e. The van der Waals surface area contributed by atoms with Crippen LogP contribution in [0.15, 0.2) is 0 Å². The Labute approximate surface area is 92.9 Å². The molecule has 2 rings (SSSR count). The van der Waals surface area contributed by atoms with Crippen molar-refractivity contribution in [2.24, 2.45) is 11.8 Å². The monoisotopic (exact) mass is 231 g/mol. The zero-order chi connectivity index (χ0) is 11.1. The Bertz CT molecular complexity index is 325. The van der Waals surface area contributed by atoms with Crippen LogP contribution in [0.4, 0.5) is 0 Å². The molecule has 0 bridgehead atoms. The van der Waals surface area contributed by atoms with Crippen LogP contribution >= 0.6 is 0 Å². The molecular weight excluding hydrogens is 210 g/mol. The molecule has 0 spiro atoms. The van der Waals surface area contributed by atoms with E-state index in [2.05, 4.69) is 6.92 Å². The molecular formula is C11H21NO2S. The van der Waals surface area contributed by atoms with Gasteiger partial charge in [-0.2, -0.15) is 4.31 Å². The highest BCUT2D eigenvalue weighted by Crippen LogP contribution is 2.41. The minimum Gasteiger partial charge on any atom is -0.212 e. The lowest BCUT2D eigenvalue weighted by Gasteiger charge is -2.34. The lowest BCUT2D eigenvalue weighted by Crippen LogP contribution is -2.41. The molecule has 0 aromatic rings. The van der Waals surface area contributed by atoms with E-state index in [0.717, 1.165) is 19.4 Å². The molecule has 2 aliphatic rings. The van der Waals surface area contributed by atoms with E-state index in [-0.39, 0.29) is 5.75 Å². The van der Waals surface area contributed by atoms with Crippen LogP contribution in [-0.2, 0) is 10.0 Å². The summed E-state index contributed by atoms with van der Waals surface area (Å²) in [4.78, 5) is 0. The molecule has 88 valence electrons. The van der Waals surface area contributed by atoms with Crippen molar-refractivity contribution in [3.63, 3.8) is 0 Å². The van der Waals surface area contributed by atoms with Crippen molar-refractivity contribution in [1.29, 1.82) is 0 Å². The normalized spacial score (nSPS) is 37.9. The van der Waals surface area contributed by atoms with Gasteiger partial charge < -0.3 is 0 Å². The largest absolute Gasteiger partial charge is 0.214 e. The van der Waals surface area contributed by atoms with E-state index in [1.165, 1.54) is 12.8 Å². The molecule has 0 radical (unpaired) electrons. The second kappa shape index (κ2) is 4.06. The standard InChI is InChI=1S/C11H21NO2S/c1-3-15(13,14)12-8-7-10-9(2)5-4-6-11(10)12/h9-11H,3-8H2,1-2H3. The lowest BCUT2D eigenvalue weighted by atomic mass is 9.77. The summed E-state index contributed by atoms with van der Waals surface area (Å²) < 4.78 is 25.6. The van der Waals surface area contributed by atoms with E-state index >= 15 is 0 Å². The SMILES string of the molecule is CCS(=O)(=O)N1CCC2C(C)CCCC21. The highest BCUT2D eigenvalue weighted by molar-refractivity contribution is 7.89. The zero-order valence-electron chi connectivity index (χ0n) is 9.65. The first kappa shape index (κ1) is 11.4. The summed E-state index contributed by atoms with van der Waals surface area (Å²) >= 11 is 0. The zero-order valence-corrected chi connectivity index (χ0v) is 10.5. The highest BCUT2D eigenvalue weighted by atomic mass is 32.2. The molecule has 3 nitrogen and oxygen atoms in total. The minimum absolute atomic E-state index is 0.255. The van der Waals surface area contributed by atoms with Crippen molar-refractivity contribution in [2.45, 2.75) is 45.6 Å². The second-order valence-electron chi connectivity index (χ2n) is 4.94. The predicted octanol–water partition coefficient (Wildman–Crippen LogP) is 1.85. The minimum atomic E-state index is -2.96. The van der Waals surface area contributed by atoms with Gasteiger partial charge in [0.25, 0.3) is 0 Å². The lowest BCUT2D eigenvalue weighted by molar-refractivity contribution is 0.198. The predicted molar refractivity (Wildman–Crippen MR) is 61.1 cm³/mol. The molecule has 1 aliphatic carbocycles. The van der Waals surface area contributed by atoms with Gasteiger partial charge in [-0.1, -0.05) is 19.8 Å². The molecule has 2 fully saturated rings. The fraction of sp³-hybridized carbons (Fsp3) is 1.00. The highest BCUT2D eigenvalue weighted by Gasteiger charge is 2.43. The third kappa shape index (κ3) is 1.94. The number of hydrogen-bond donors (Lipinski definition) is 0. The van der Waals surface area contributed by atoms with E-state index in [1.54, 1.807) is 11.2 Å². The maximum absolute atomic E-state index is 11.9. The van der Waals surface area contributed by atoms with E-state index in [9.17, 15) is 8.42 Å². The summed E-state index contributed by atoms with van der Waals surface area (Å²) in [6, 6.07) is 0.318. The summed E-state index contributed by atoms with van der Waals surface area (Å²) in [7, 11) is -2.96. The molecule has 0 aromatic carbocycles. The Morgan fingerprint density at radius 1 is 1.27 bits per heavy atom. The van der Waals surface area contributed by atoms with Gasteiger partial charge in [-0.3, -0.25) is 0 Å². The molecule has 1 saturated heterocycles. The van der Waals surface area contributed by atoms with Crippen LogP contribution < -0.4 is 0 Å². The van der Waals surface area contributed by atoms with Gasteiger partial charge in [0.15, 0.2) is 0 Å². The summed E-state index contributed by atoms with van der Waals surface area (Å²) in [5, 5.41) is 0. The molecule has 3 unspecified atom stereocenters. The Balaban J connectivity index is 2.18. The third-order valence-corrected chi connectivity index (χ3v) is 6.06. The van der Waals surface area contributed by atoms with E-state index < -0.39 is 10.0 Å². The summed E-state index contributed by atoms with van der Waals surface area (Å²) in [6.07, 6.45) is 4.62. The Kier molecular flexibility index (Phi) is 3.08. The number of sulfonamides is 1. The van der Waals surface area contributed by atoms with Crippen molar-refractivity contribution < 1.29 is 8.42 Å². The van der Waals surface area contributed by atoms with E-state index in [0.29, 0.717) is 17.9 Å². The van der Waals surface area contributed by atoms with Crippen LogP contribution in [0.1, 0.15) is 39.5 Å². The van der Waals surface area contributed by atoms with Crippen molar-refractivity contribution >= 4 is 10.0 Å². The Morgan fingerprint density at radius 2 is 2.00 bits per heavy atom. The topological polar surface area (TPSA) is 37.4 Å². The number of fused-ring (bicyclic) bond motifs is 1. The van der Waals surface area contributed by atoms with Crippen molar-refractivity contribution in [3.8, 4) is 0 Å². The van der Waals surface area contributed by atoms with Gasteiger partial charge in [0.1, 0.15) is 0 Å². The first-order valence-corrected chi connectivity index (χ1v) is 7.66. The summed E-state index contributed by atoms with van der Waals surface area (Å²) in [5.41, 5.74) is 0. The van der Waals surface area contributed by atoms with Crippen LogP contribution in [0.3, 0.4) is 0 Å². The van der Waals surface area contributed by atoms with Crippen LogP contribution in [0.25, 0.3) is 0 Å².